The van der Waals surface area contributed by atoms with Crippen molar-refractivity contribution in [3.8, 4) is 5.95 Å². The molecule has 1 fully saturated rings. The number of carbonyl (C=O) groups is 1. The highest BCUT2D eigenvalue weighted by Crippen LogP contribution is 2.44. The van der Waals surface area contributed by atoms with E-state index in [1.165, 1.54) is 17.1 Å². The van der Waals surface area contributed by atoms with Crippen LogP contribution in [0.25, 0.3) is 17.0 Å². The molecule has 0 bridgehead atoms. The fraction of sp³-hybridized carbons (Fsp3) is 0.500. The molecule has 0 radical (unpaired) electrons. The summed E-state index contributed by atoms with van der Waals surface area (Å²) in [5.74, 6) is -0.369. The molecule has 1 saturated carbocycles. The Labute approximate surface area is 155 Å². The van der Waals surface area contributed by atoms with Crippen LogP contribution < -0.4 is 5.56 Å². The lowest BCUT2D eigenvalue weighted by Gasteiger charge is -2.39. The molecule has 1 aliphatic rings. The van der Waals surface area contributed by atoms with Crippen LogP contribution in [-0.2, 0) is 0 Å². The summed E-state index contributed by atoms with van der Waals surface area (Å²) >= 11 is 0. The van der Waals surface area contributed by atoms with Gasteiger partial charge in [-0.05, 0) is 30.6 Å². The van der Waals surface area contributed by atoms with Crippen molar-refractivity contribution in [1.29, 1.82) is 0 Å². The van der Waals surface area contributed by atoms with Gasteiger partial charge in [-0.2, -0.15) is 10.2 Å². The lowest BCUT2D eigenvalue weighted by atomic mass is 9.70. The molecule has 0 saturated heterocycles. The van der Waals surface area contributed by atoms with E-state index >= 15 is 0 Å². The number of hydrogen-bond acceptors (Lipinski definition) is 5. The molecule has 0 unspecified atom stereocenters. The zero-order chi connectivity index (χ0) is 19.3. The Kier molecular flexibility index (Phi) is 3.90. The summed E-state index contributed by atoms with van der Waals surface area (Å²) in [6.45, 7) is 6.73. The number of aromatic carboxylic acids is 1. The molecule has 0 spiro atoms. The van der Waals surface area contributed by atoms with E-state index in [2.05, 4.69) is 40.9 Å². The minimum atomic E-state index is -1.09. The Morgan fingerprint density at radius 3 is 2.74 bits per heavy atom. The average Bonchev–Trinajstić information content (AvgIpc) is 3.20. The molecule has 0 amide bonds. The first kappa shape index (κ1) is 17.4. The van der Waals surface area contributed by atoms with E-state index < -0.39 is 5.97 Å². The van der Waals surface area contributed by atoms with Gasteiger partial charge >= 0.3 is 5.97 Å². The van der Waals surface area contributed by atoms with Crippen molar-refractivity contribution >= 4 is 17.0 Å². The number of fused-ring (bicyclic) bond motifs is 1. The van der Waals surface area contributed by atoms with Gasteiger partial charge in [-0.15, -0.1) is 0 Å². The van der Waals surface area contributed by atoms with Crippen LogP contribution in [0.5, 0.6) is 0 Å². The first-order valence-electron chi connectivity index (χ1n) is 8.99. The molecule has 2 N–H and O–H groups in total. The van der Waals surface area contributed by atoms with E-state index in [-0.39, 0.29) is 28.5 Å². The third kappa shape index (κ3) is 3.13. The summed E-state index contributed by atoms with van der Waals surface area (Å²) in [7, 11) is 0. The van der Waals surface area contributed by atoms with Crippen LogP contribution in [0.1, 0.15) is 56.4 Å². The first-order valence-corrected chi connectivity index (χ1v) is 8.99. The summed E-state index contributed by atoms with van der Waals surface area (Å²) in [5.41, 5.74) is 0.822. The molecule has 0 aromatic carbocycles. The number of carboxylic acid groups (broad SMARTS) is 1. The van der Waals surface area contributed by atoms with Gasteiger partial charge in [0.1, 0.15) is 5.52 Å². The maximum absolute atomic E-state index is 12.8. The smallest absolute Gasteiger partial charge is 0.338 e. The Hall–Kier alpha value is -2.97. The van der Waals surface area contributed by atoms with Gasteiger partial charge in [-0.25, -0.2) is 14.5 Å². The molecule has 3 aromatic heterocycles. The standard InChI is InChI=1S/C18H22N6O3/c1-10-4-12(6-18(2,3)5-10)24-14-13(8-20-24)21-17(22-15(14)25)23-9-11(7-19-23)16(26)27/h7-10,12H,4-6H2,1-3H3,(H,26,27)(H,21,22,25)/t10-,12+/m1/s1. The van der Waals surface area contributed by atoms with Crippen LogP contribution in [-0.4, -0.2) is 40.6 Å². The number of carboxylic acids is 1. The van der Waals surface area contributed by atoms with Gasteiger partial charge in [0, 0.05) is 6.20 Å². The fourth-order valence-corrected chi connectivity index (χ4v) is 4.37. The van der Waals surface area contributed by atoms with Crippen LogP contribution in [0.15, 0.2) is 23.4 Å². The normalized spacial score (nSPS) is 22.2. The van der Waals surface area contributed by atoms with Crippen LogP contribution in [0.4, 0.5) is 0 Å². The molecule has 27 heavy (non-hydrogen) atoms. The molecule has 1 aliphatic carbocycles. The van der Waals surface area contributed by atoms with Crippen LogP contribution in [0.3, 0.4) is 0 Å². The number of rotatable bonds is 3. The summed E-state index contributed by atoms with van der Waals surface area (Å²) in [6, 6.07) is 0.151. The minimum Gasteiger partial charge on any atom is -0.478 e. The highest BCUT2D eigenvalue weighted by atomic mass is 16.4. The number of hydrogen-bond donors (Lipinski definition) is 2. The van der Waals surface area contributed by atoms with Gasteiger partial charge < -0.3 is 5.11 Å². The molecule has 3 heterocycles. The first-order chi connectivity index (χ1) is 12.7. The predicted octanol–water partition coefficient (Wildman–Crippen LogP) is 2.39. The lowest BCUT2D eigenvalue weighted by molar-refractivity contribution is 0.0697. The van der Waals surface area contributed by atoms with Crippen molar-refractivity contribution in [3.05, 3.63) is 34.5 Å². The quantitative estimate of drug-likeness (QED) is 0.731. The molecule has 0 aliphatic heterocycles. The largest absolute Gasteiger partial charge is 0.478 e. The van der Waals surface area contributed by atoms with Crippen LogP contribution in [0, 0.1) is 11.3 Å². The minimum absolute atomic E-state index is 0.0202. The molecule has 9 nitrogen and oxygen atoms in total. The van der Waals surface area contributed by atoms with Crippen molar-refractivity contribution in [3.63, 3.8) is 0 Å². The Morgan fingerprint density at radius 2 is 2.07 bits per heavy atom. The van der Waals surface area contributed by atoms with Crippen molar-refractivity contribution in [2.24, 2.45) is 11.3 Å². The van der Waals surface area contributed by atoms with Crippen LogP contribution >= 0.6 is 0 Å². The van der Waals surface area contributed by atoms with Crippen molar-refractivity contribution < 1.29 is 9.90 Å². The molecule has 2 atom stereocenters. The molecule has 9 heteroatoms. The molecular formula is C18H22N6O3. The SMILES string of the molecule is C[C@@H]1C[C@H](n2ncc3nc(-n4cc(C(=O)O)cn4)[nH]c(=O)c32)CC(C)(C)C1. The summed E-state index contributed by atoms with van der Waals surface area (Å²) in [4.78, 5) is 30.9. The number of nitrogens with zero attached hydrogens (tertiary/aromatic N) is 5. The van der Waals surface area contributed by atoms with Gasteiger partial charge in [-0.1, -0.05) is 20.8 Å². The highest BCUT2D eigenvalue weighted by molar-refractivity contribution is 5.87. The van der Waals surface area contributed by atoms with E-state index in [0.717, 1.165) is 19.3 Å². The number of aromatic amines is 1. The number of H-pyrrole nitrogens is 1. The Morgan fingerprint density at radius 1 is 1.30 bits per heavy atom. The molecule has 3 aromatic rings. The second-order valence-electron chi connectivity index (χ2n) is 8.26. The Balaban J connectivity index is 1.76. The van der Waals surface area contributed by atoms with Crippen molar-refractivity contribution in [2.45, 2.75) is 46.1 Å². The van der Waals surface area contributed by atoms with Crippen molar-refractivity contribution in [1.82, 2.24) is 29.5 Å². The van der Waals surface area contributed by atoms with E-state index in [9.17, 15) is 9.59 Å². The lowest BCUT2D eigenvalue weighted by Crippen LogP contribution is -2.31. The topological polar surface area (TPSA) is 119 Å². The third-order valence-corrected chi connectivity index (χ3v) is 5.20. The summed E-state index contributed by atoms with van der Waals surface area (Å²) in [6.07, 6.45) is 7.19. The molecular weight excluding hydrogens is 348 g/mol. The fourth-order valence-electron chi connectivity index (χ4n) is 4.37. The van der Waals surface area contributed by atoms with E-state index in [1.807, 2.05) is 0 Å². The Bertz CT molecular complexity index is 1080. The second-order valence-corrected chi connectivity index (χ2v) is 8.26. The predicted molar refractivity (Wildman–Crippen MR) is 98.1 cm³/mol. The number of aromatic nitrogens is 6. The van der Waals surface area contributed by atoms with E-state index in [4.69, 9.17) is 5.11 Å². The van der Waals surface area contributed by atoms with Gasteiger partial charge in [0.2, 0.25) is 5.95 Å². The van der Waals surface area contributed by atoms with Gasteiger partial charge in [0.15, 0.2) is 5.52 Å². The van der Waals surface area contributed by atoms with E-state index in [0.29, 0.717) is 17.0 Å². The second kappa shape index (κ2) is 6.04. The van der Waals surface area contributed by atoms with Crippen LogP contribution in [0.2, 0.25) is 0 Å². The zero-order valence-corrected chi connectivity index (χ0v) is 15.5. The van der Waals surface area contributed by atoms with Gasteiger partial charge in [0.05, 0.1) is 24.0 Å². The molecule has 4 rings (SSSR count). The number of nitrogens with one attached hydrogen (secondary N) is 1. The maximum Gasteiger partial charge on any atom is 0.338 e. The van der Waals surface area contributed by atoms with Crippen molar-refractivity contribution in [2.75, 3.05) is 0 Å². The zero-order valence-electron chi connectivity index (χ0n) is 15.5. The summed E-state index contributed by atoms with van der Waals surface area (Å²) in [5, 5.41) is 17.4. The van der Waals surface area contributed by atoms with Gasteiger partial charge in [0.25, 0.3) is 5.56 Å². The van der Waals surface area contributed by atoms with E-state index in [1.54, 1.807) is 10.9 Å². The highest BCUT2D eigenvalue weighted by Gasteiger charge is 2.34. The maximum atomic E-state index is 12.8. The van der Waals surface area contributed by atoms with Gasteiger partial charge in [-0.3, -0.25) is 14.5 Å². The summed E-state index contributed by atoms with van der Waals surface area (Å²) < 4.78 is 3.04. The monoisotopic (exact) mass is 370 g/mol. The average molecular weight is 370 g/mol. The molecule has 142 valence electrons. The third-order valence-electron chi connectivity index (χ3n) is 5.20.